The summed E-state index contributed by atoms with van der Waals surface area (Å²) in [5, 5.41) is 4.23. The van der Waals surface area contributed by atoms with E-state index in [4.69, 9.17) is 28.9 Å². The molecule has 0 amide bonds. The topological polar surface area (TPSA) is 38.9 Å². The summed E-state index contributed by atoms with van der Waals surface area (Å²) in [5.74, 6) is 0. The molecule has 0 saturated carbocycles. The molecule has 84 valence electrons. The average molecular weight is 273 g/mol. The molecule has 1 unspecified atom stereocenters. The molecule has 1 aromatic carbocycles. The van der Waals surface area contributed by atoms with Crippen LogP contribution < -0.4 is 5.73 Å². The van der Waals surface area contributed by atoms with E-state index < -0.39 is 0 Å². The molecule has 1 aromatic heterocycles. The predicted molar refractivity (Wildman–Crippen MR) is 69.2 cm³/mol. The van der Waals surface area contributed by atoms with Gasteiger partial charge in [-0.1, -0.05) is 23.2 Å². The Labute approximate surface area is 108 Å². The third kappa shape index (κ3) is 2.74. The number of halogens is 2. The van der Waals surface area contributed by atoms with Gasteiger partial charge in [0.05, 0.1) is 5.01 Å². The van der Waals surface area contributed by atoms with E-state index in [1.807, 2.05) is 11.4 Å². The van der Waals surface area contributed by atoms with E-state index in [0.717, 1.165) is 10.6 Å². The maximum atomic E-state index is 6.08. The molecule has 0 fully saturated rings. The van der Waals surface area contributed by atoms with E-state index in [1.54, 1.807) is 29.7 Å². The molecule has 1 atom stereocenters. The lowest BCUT2D eigenvalue weighted by molar-refractivity contribution is 0.718. The molecule has 0 bridgehead atoms. The molecule has 16 heavy (non-hydrogen) atoms. The molecule has 2 N–H and O–H groups in total. The zero-order valence-corrected chi connectivity index (χ0v) is 10.7. The number of aromatic nitrogens is 1. The van der Waals surface area contributed by atoms with Gasteiger partial charge in [-0.2, -0.15) is 0 Å². The van der Waals surface area contributed by atoms with Crippen LogP contribution in [0.15, 0.2) is 29.8 Å². The Kier molecular flexibility index (Phi) is 3.82. The summed E-state index contributed by atoms with van der Waals surface area (Å²) in [4.78, 5) is 4.20. The first-order chi connectivity index (χ1) is 7.66. The molecule has 2 aromatic rings. The van der Waals surface area contributed by atoms with Crippen molar-refractivity contribution in [1.82, 2.24) is 4.98 Å². The van der Waals surface area contributed by atoms with Crippen LogP contribution in [0.25, 0.3) is 0 Å². The van der Waals surface area contributed by atoms with Crippen molar-refractivity contribution in [3.8, 4) is 0 Å². The highest BCUT2D eigenvalue weighted by molar-refractivity contribution is 7.09. The summed E-state index contributed by atoms with van der Waals surface area (Å²) in [7, 11) is 0. The van der Waals surface area contributed by atoms with Crippen LogP contribution in [0.5, 0.6) is 0 Å². The summed E-state index contributed by atoms with van der Waals surface area (Å²) in [5.41, 5.74) is 6.94. The van der Waals surface area contributed by atoms with Crippen molar-refractivity contribution >= 4 is 34.5 Å². The molecule has 0 radical (unpaired) electrons. The van der Waals surface area contributed by atoms with Gasteiger partial charge < -0.3 is 5.73 Å². The van der Waals surface area contributed by atoms with Crippen molar-refractivity contribution in [3.63, 3.8) is 0 Å². The minimum Gasteiger partial charge on any atom is -0.324 e. The largest absolute Gasteiger partial charge is 0.324 e. The molecule has 0 aliphatic carbocycles. The van der Waals surface area contributed by atoms with Gasteiger partial charge >= 0.3 is 0 Å². The van der Waals surface area contributed by atoms with Crippen LogP contribution in [0.2, 0.25) is 10.0 Å². The fraction of sp³-hybridized carbons (Fsp3) is 0.182. The number of hydrogen-bond donors (Lipinski definition) is 1. The summed E-state index contributed by atoms with van der Waals surface area (Å²) in [6.45, 7) is 0. The molecule has 2 rings (SSSR count). The van der Waals surface area contributed by atoms with Crippen LogP contribution in [0.4, 0.5) is 0 Å². The average Bonchev–Trinajstić information content (AvgIpc) is 2.74. The summed E-state index contributed by atoms with van der Waals surface area (Å²) in [6.07, 6.45) is 2.45. The third-order valence-electron chi connectivity index (χ3n) is 2.24. The SMILES string of the molecule is NC(Cc1nccs1)c1cc(Cl)ccc1Cl. The summed E-state index contributed by atoms with van der Waals surface area (Å²) in [6, 6.07) is 5.16. The van der Waals surface area contributed by atoms with E-state index in [0.29, 0.717) is 16.5 Å². The highest BCUT2D eigenvalue weighted by atomic mass is 35.5. The van der Waals surface area contributed by atoms with E-state index in [2.05, 4.69) is 4.98 Å². The quantitative estimate of drug-likeness (QED) is 0.926. The lowest BCUT2D eigenvalue weighted by Gasteiger charge is -2.12. The lowest BCUT2D eigenvalue weighted by Crippen LogP contribution is -2.13. The van der Waals surface area contributed by atoms with Gasteiger partial charge in [0, 0.05) is 34.1 Å². The Bertz CT molecular complexity index is 471. The van der Waals surface area contributed by atoms with Crippen LogP contribution >= 0.6 is 34.5 Å². The van der Waals surface area contributed by atoms with Crippen LogP contribution in [-0.4, -0.2) is 4.98 Å². The van der Waals surface area contributed by atoms with Gasteiger partial charge in [-0.3, -0.25) is 0 Å². The molecule has 0 aliphatic rings. The number of rotatable bonds is 3. The van der Waals surface area contributed by atoms with E-state index >= 15 is 0 Å². The summed E-state index contributed by atoms with van der Waals surface area (Å²) >= 11 is 13.6. The normalized spacial score (nSPS) is 12.7. The van der Waals surface area contributed by atoms with Crippen molar-refractivity contribution in [3.05, 3.63) is 50.4 Å². The van der Waals surface area contributed by atoms with Crippen molar-refractivity contribution in [2.75, 3.05) is 0 Å². The number of benzene rings is 1. The Balaban J connectivity index is 2.20. The number of thiazole rings is 1. The maximum absolute atomic E-state index is 6.08. The second kappa shape index (κ2) is 5.15. The molecule has 0 spiro atoms. The number of nitrogens with two attached hydrogens (primary N) is 1. The van der Waals surface area contributed by atoms with Gasteiger partial charge in [-0.15, -0.1) is 11.3 Å². The van der Waals surface area contributed by atoms with Gasteiger partial charge in [-0.25, -0.2) is 4.98 Å². The van der Waals surface area contributed by atoms with Crippen molar-refractivity contribution < 1.29 is 0 Å². The number of nitrogens with zero attached hydrogens (tertiary/aromatic N) is 1. The highest BCUT2D eigenvalue weighted by Crippen LogP contribution is 2.27. The van der Waals surface area contributed by atoms with E-state index in [1.165, 1.54) is 0 Å². The Morgan fingerprint density at radius 2 is 2.19 bits per heavy atom. The first kappa shape index (κ1) is 11.9. The third-order valence-corrected chi connectivity index (χ3v) is 3.62. The smallest absolute Gasteiger partial charge is 0.0943 e. The molecular weight excluding hydrogens is 263 g/mol. The van der Waals surface area contributed by atoms with Gasteiger partial charge in [-0.05, 0) is 23.8 Å². The summed E-state index contributed by atoms with van der Waals surface area (Å²) < 4.78 is 0. The Morgan fingerprint density at radius 1 is 1.38 bits per heavy atom. The van der Waals surface area contributed by atoms with Crippen molar-refractivity contribution in [1.29, 1.82) is 0 Å². The van der Waals surface area contributed by atoms with Crippen LogP contribution in [0.1, 0.15) is 16.6 Å². The first-order valence-corrected chi connectivity index (χ1v) is 6.39. The molecule has 0 saturated heterocycles. The maximum Gasteiger partial charge on any atom is 0.0943 e. The molecule has 5 heteroatoms. The minimum absolute atomic E-state index is 0.169. The molecule has 1 heterocycles. The van der Waals surface area contributed by atoms with E-state index in [9.17, 15) is 0 Å². The van der Waals surface area contributed by atoms with Crippen LogP contribution in [-0.2, 0) is 6.42 Å². The van der Waals surface area contributed by atoms with Gasteiger partial charge in [0.1, 0.15) is 0 Å². The Morgan fingerprint density at radius 3 is 2.88 bits per heavy atom. The van der Waals surface area contributed by atoms with Crippen molar-refractivity contribution in [2.24, 2.45) is 5.73 Å². The zero-order valence-electron chi connectivity index (χ0n) is 8.36. The van der Waals surface area contributed by atoms with Gasteiger partial charge in [0.25, 0.3) is 0 Å². The molecule has 2 nitrogen and oxygen atoms in total. The fourth-order valence-corrected chi connectivity index (χ4v) is 2.57. The first-order valence-electron chi connectivity index (χ1n) is 4.75. The van der Waals surface area contributed by atoms with Crippen LogP contribution in [0, 0.1) is 0 Å². The second-order valence-corrected chi connectivity index (χ2v) is 5.23. The molecule has 0 aliphatic heterocycles. The highest BCUT2D eigenvalue weighted by Gasteiger charge is 2.12. The fourth-order valence-electron chi connectivity index (χ4n) is 1.45. The van der Waals surface area contributed by atoms with Crippen LogP contribution in [0.3, 0.4) is 0 Å². The van der Waals surface area contributed by atoms with Gasteiger partial charge in [0.2, 0.25) is 0 Å². The monoisotopic (exact) mass is 272 g/mol. The van der Waals surface area contributed by atoms with E-state index in [-0.39, 0.29) is 6.04 Å². The van der Waals surface area contributed by atoms with Crippen molar-refractivity contribution in [2.45, 2.75) is 12.5 Å². The molecular formula is C11H10Cl2N2S. The predicted octanol–water partition coefficient (Wildman–Crippen LogP) is 3.69. The van der Waals surface area contributed by atoms with Gasteiger partial charge in [0.15, 0.2) is 0 Å². The minimum atomic E-state index is -0.169. The zero-order chi connectivity index (χ0) is 11.5. The number of hydrogen-bond acceptors (Lipinski definition) is 3. The Hall–Kier alpha value is -0.610. The second-order valence-electron chi connectivity index (χ2n) is 3.40. The lowest BCUT2D eigenvalue weighted by atomic mass is 10.1. The standard InChI is InChI=1S/C11H10Cl2N2S/c12-7-1-2-9(13)8(5-7)10(14)6-11-15-3-4-16-11/h1-5,10H,6,14H2.